The first-order valence-corrected chi connectivity index (χ1v) is 8.19. The average molecular weight is 286 g/mol. The molecule has 2 rings (SSSR count). The highest BCUT2D eigenvalue weighted by Crippen LogP contribution is 2.19. The minimum absolute atomic E-state index is 0.145. The fraction of sp³-hybridized carbons (Fsp3) is 0.750. The van der Waals surface area contributed by atoms with E-state index in [0.717, 1.165) is 25.8 Å². The lowest BCUT2D eigenvalue weighted by Crippen LogP contribution is -2.48. The second-order valence-electron chi connectivity index (χ2n) is 5.03. The molecule has 1 fully saturated rings. The van der Waals surface area contributed by atoms with Crippen molar-refractivity contribution in [3.05, 3.63) is 12.5 Å². The third kappa shape index (κ3) is 3.34. The first-order valence-electron chi connectivity index (χ1n) is 6.75. The van der Waals surface area contributed by atoms with E-state index in [4.69, 9.17) is 0 Å². The summed E-state index contributed by atoms with van der Waals surface area (Å²) in [5.74, 6) is 0. The van der Waals surface area contributed by atoms with Crippen molar-refractivity contribution in [1.82, 2.24) is 19.2 Å². The normalized spacial score (nSPS) is 21.7. The van der Waals surface area contributed by atoms with E-state index in [1.165, 1.54) is 6.33 Å². The van der Waals surface area contributed by atoms with Gasteiger partial charge in [-0.3, -0.25) is 0 Å². The second-order valence-corrected chi connectivity index (χ2v) is 6.92. The minimum atomic E-state index is -3.44. The Morgan fingerprint density at radius 2 is 2.32 bits per heavy atom. The Labute approximate surface area is 114 Å². The van der Waals surface area contributed by atoms with Crippen LogP contribution in [0.5, 0.6) is 0 Å². The van der Waals surface area contributed by atoms with Gasteiger partial charge in [0.15, 0.2) is 5.03 Å². The van der Waals surface area contributed by atoms with Crippen LogP contribution in [-0.2, 0) is 17.1 Å². The third-order valence-electron chi connectivity index (χ3n) is 3.35. The first-order chi connectivity index (χ1) is 9.04. The summed E-state index contributed by atoms with van der Waals surface area (Å²) < 4.78 is 28.1. The lowest BCUT2D eigenvalue weighted by molar-refractivity contribution is 0.283. The van der Waals surface area contributed by atoms with Crippen LogP contribution in [0.1, 0.15) is 26.2 Å². The molecule has 1 aliphatic rings. The standard InChI is InChI=1S/C12H22N4O2S/c1-3-6-13-11-5-4-7-16(8-11)19(17,18)12-9-15(2)10-14-12/h9-11,13H,3-8H2,1-2H3. The minimum Gasteiger partial charge on any atom is -0.339 e. The number of hydrogen-bond donors (Lipinski definition) is 1. The molecule has 0 radical (unpaired) electrons. The van der Waals surface area contributed by atoms with Crippen molar-refractivity contribution in [3.63, 3.8) is 0 Å². The van der Waals surface area contributed by atoms with Crippen molar-refractivity contribution in [2.75, 3.05) is 19.6 Å². The number of nitrogens with zero attached hydrogens (tertiary/aromatic N) is 3. The summed E-state index contributed by atoms with van der Waals surface area (Å²) in [5.41, 5.74) is 0. The summed E-state index contributed by atoms with van der Waals surface area (Å²) in [4.78, 5) is 3.96. The molecule has 1 unspecified atom stereocenters. The summed E-state index contributed by atoms with van der Waals surface area (Å²) in [6, 6.07) is 0.257. The fourth-order valence-electron chi connectivity index (χ4n) is 2.33. The second kappa shape index (κ2) is 6.02. The molecule has 6 nitrogen and oxygen atoms in total. The predicted molar refractivity (Wildman–Crippen MR) is 73.3 cm³/mol. The zero-order valence-electron chi connectivity index (χ0n) is 11.5. The molecule has 0 aromatic carbocycles. The topological polar surface area (TPSA) is 67.2 Å². The number of nitrogens with one attached hydrogen (secondary N) is 1. The van der Waals surface area contributed by atoms with Crippen LogP contribution in [0.3, 0.4) is 0 Å². The van der Waals surface area contributed by atoms with Gasteiger partial charge in [-0.05, 0) is 25.8 Å². The van der Waals surface area contributed by atoms with E-state index in [9.17, 15) is 8.42 Å². The van der Waals surface area contributed by atoms with E-state index < -0.39 is 10.0 Å². The van der Waals surface area contributed by atoms with Gasteiger partial charge in [-0.2, -0.15) is 4.31 Å². The zero-order valence-corrected chi connectivity index (χ0v) is 12.4. The average Bonchev–Trinajstić information content (AvgIpc) is 2.84. The molecule has 0 aliphatic carbocycles. The molecular formula is C12H22N4O2S. The van der Waals surface area contributed by atoms with Crippen LogP contribution in [-0.4, -0.2) is 48.0 Å². The summed E-state index contributed by atoms with van der Waals surface area (Å²) in [7, 11) is -1.67. The van der Waals surface area contributed by atoms with Crippen molar-refractivity contribution in [3.8, 4) is 0 Å². The summed E-state index contributed by atoms with van der Waals surface area (Å²) in [5, 5.41) is 3.54. The number of sulfonamides is 1. The molecule has 1 atom stereocenters. The van der Waals surface area contributed by atoms with Crippen molar-refractivity contribution < 1.29 is 8.42 Å². The smallest absolute Gasteiger partial charge is 0.262 e. The van der Waals surface area contributed by atoms with Gasteiger partial charge in [-0.25, -0.2) is 13.4 Å². The summed E-state index contributed by atoms with van der Waals surface area (Å²) in [6.45, 7) is 4.17. The van der Waals surface area contributed by atoms with Gasteiger partial charge in [-0.1, -0.05) is 6.92 Å². The lowest BCUT2D eigenvalue weighted by atomic mass is 10.1. The van der Waals surface area contributed by atoms with E-state index >= 15 is 0 Å². The molecule has 1 saturated heterocycles. The van der Waals surface area contributed by atoms with Crippen LogP contribution in [0.15, 0.2) is 17.6 Å². The molecule has 108 valence electrons. The summed E-state index contributed by atoms with van der Waals surface area (Å²) in [6.07, 6.45) is 6.06. The number of piperidine rings is 1. The molecule has 7 heteroatoms. The molecule has 1 aromatic heterocycles. The van der Waals surface area contributed by atoms with Gasteiger partial charge in [0, 0.05) is 32.4 Å². The molecule has 0 bridgehead atoms. The Bertz CT molecular complexity index is 512. The molecule has 0 saturated carbocycles. The van der Waals surface area contributed by atoms with Crippen LogP contribution in [0, 0.1) is 0 Å². The molecular weight excluding hydrogens is 264 g/mol. The van der Waals surface area contributed by atoms with Crippen molar-refractivity contribution in [2.24, 2.45) is 7.05 Å². The molecule has 2 heterocycles. The predicted octanol–water partition coefficient (Wildman–Crippen LogP) is 0.573. The van der Waals surface area contributed by atoms with Gasteiger partial charge >= 0.3 is 0 Å². The number of hydrogen-bond acceptors (Lipinski definition) is 4. The van der Waals surface area contributed by atoms with Crippen LogP contribution >= 0.6 is 0 Å². The van der Waals surface area contributed by atoms with E-state index in [2.05, 4.69) is 17.2 Å². The molecule has 0 amide bonds. The fourth-order valence-corrected chi connectivity index (χ4v) is 3.82. The highest BCUT2D eigenvalue weighted by atomic mass is 32.2. The number of rotatable bonds is 5. The monoisotopic (exact) mass is 286 g/mol. The van der Waals surface area contributed by atoms with Crippen LogP contribution in [0.2, 0.25) is 0 Å². The maximum atomic E-state index is 12.4. The highest BCUT2D eigenvalue weighted by Gasteiger charge is 2.31. The maximum absolute atomic E-state index is 12.4. The maximum Gasteiger partial charge on any atom is 0.262 e. The lowest BCUT2D eigenvalue weighted by Gasteiger charge is -2.31. The first kappa shape index (κ1) is 14.5. The van der Waals surface area contributed by atoms with Crippen LogP contribution in [0.4, 0.5) is 0 Å². The van der Waals surface area contributed by atoms with Gasteiger partial charge in [0.1, 0.15) is 0 Å². The summed E-state index contributed by atoms with van der Waals surface area (Å²) >= 11 is 0. The van der Waals surface area contributed by atoms with Crippen LogP contribution < -0.4 is 5.32 Å². The Morgan fingerprint density at radius 1 is 1.53 bits per heavy atom. The van der Waals surface area contributed by atoms with Crippen molar-refractivity contribution >= 4 is 10.0 Å². The highest BCUT2D eigenvalue weighted by molar-refractivity contribution is 7.89. The van der Waals surface area contributed by atoms with Gasteiger partial charge in [0.05, 0.1) is 6.33 Å². The molecule has 1 aliphatic heterocycles. The number of aromatic nitrogens is 2. The Morgan fingerprint density at radius 3 is 2.95 bits per heavy atom. The van der Waals surface area contributed by atoms with Gasteiger partial charge in [-0.15, -0.1) is 0 Å². The third-order valence-corrected chi connectivity index (χ3v) is 5.10. The quantitative estimate of drug-likeness (QED) is 0.859. The Hall–Kier alpha value is -0.920. The molecule has 0 spiro atoms. The Balaban J connectivity index is 2.08. The number of imidazole rings is 1. The van der Waals surface area contributed by atoms with Gasteiger partial charge in [0.2, 0.25) is 0 Å². The largest absolute Gasteiger partial charge is 0.339 e. The molecule has 19 heavy (non-hydrogen) atoms. The van der Waals surface area contributed by atoms with Crippen molar-refractivity contribution in [2.45, 2.75) is 37.3 Å². The van der Waals surface area contributed by atoms with E-state index in [1.54, 1.807) is 22.1 Å². The van der Waals surface area contributed by atoms with Gasteiger partial charge < -0.3 is 9.88 Å². The van der Waals surface area contributed by atoms with Gasteiger partial charge in [0.25, 0.3) is 10.0 Å². The SMILES string of the molecule is CCCNC1CCCN(S(=O)(=O)c2cn(C)cn2)C1. The van der Waals surface area contributed by atoms with E-state index in [0.29, 0.717) is 13.1 Å². The van der Waals surface area contributed by atoms with E-state index in [1.807, 2.05) is 0 Å². The van der Waals surface area contributed by atoms with Crippen LogP contribution in [0.25, 0.3) is 0 Å². The zero-order chi connectivity index (χ0) is 13.9. The molecule has 1 N–H and O–H groups in total. The van der Waals surface area contributed by atoms with E-state index in [-0.39, 0.29) is 11.1 Å². The Kier molecular flexibility index (Phi) is 4.59. The number of aryl methyl sites for hydroxylation is 1. The van der Waals surface area contributed by atoms with Crippen molar-refractivity contribution in [1.29, 1.82) is 0 Å². The molecule has 1 aromatic rings.